The molecule has 1 aliphatic heterocycles. The summed E-state index contributed by atoms with van der Waals surface area (Å²) in [6.07, 6.45) is 2.62. The van der Waals surface area contributed by atoms with Crippen LogP contribution in [0.25, 0.3) is 0 Å². The average molecular weight is 246 g/mol. The van der Waals surface area contributed by atoms with Gasteiger partial charge in [0.25, 0.3) is 0 Å². The van der Waals surface area contributed by atoms with E-state index in [1.807, 2.05) is 0 Å². The van der Waals surface area contributed by atoms with Crippen LogP contribution in [0.2, 0.25) is 0 Å². The van der Waals surface area contributed by atoms with Gasteiger partial charge in [-0.25, -0.2) is 14.8 Å². The third-order valence-electron chi connectivity index (χ3n) is 1.91. The summed E-state index contributed by atoms with van der Waals surface area (Å²) in [5.41, 5.74) is 3.05. The van der Waals surface area contributed by atoms with Gasteiger partial charge in [0, 0.05) is 23.8 Å². The van der Waals surface area contributed by atoms with E-state index >= 15 is 0 Å². The van der Waals surface area contributed by atoms with E-state index in [9.17, 15) is 4.39 Å². The Bertz CT molecular complexity index is 312. The lowest BCUT2D eigenvalue weighted by atomic mass is 10.4. The molecule has 2 rings (SSSR count). The average Bonchev–Trinajstić information content (AvgIpc) is 2.56. The standard InChI is InChI=1S/C8H9BrFN3/c9-6-4-7(10)8(11-5-6)13-3-1-2-12-13/h4-5,12H,1-3H2. The minimum Gasteiger partial charge on any atom is -0.290 e. The van der Waals surface area contributed by atoms with Gasteiger partial charge in [-0.15, -0.1) is 0 Å². The topological polar surface area (TPSA) is 28.2 Å². The number of aromatic nitrogens is 1. The van der Waals surface area contributed by atoms with E-state index in [-0.39, 0.29) is 5.82 Å². The second-order valence-electron chi connectivity index (χ2n) is 2.87. The van der Waals surface area contributed by atoms with Crippen LogP contribution in [0.15, 0.2) is 16.7 Å². The number of hydrogen-bond acceptors (Lipinski definition) is 3. The second kappa shape index (κ2) is 3.59. The van der Waals surface area contributed by atoms with Gasteiger partial charge in [0.05, 0.1) is 0 Å². The zero-order valence-electron chi connectivity index (χ0n) is 6.93. The number of hydrazine groups is 1. The Balaban J connectivity index is 2.29. The highest BCUT2D eigenvalue weighted by Gasteiger charge is 2.16. The van der Waals surface area contributed by atoms with E-state index in [0.717, 1.165) is 19.5 Å². The van der Waals surface area contributed by atoms with Crippen LogP contribution in [0.3, 0.4) is 0 Å². The molecule has 13 heavy (non-hydrogen) atoms. The molecule has 0 spiro atoms. The molecule has 5 heteroatoms. The third kappa shape index (κ3) is 1.81. The fourth-order valence-electron chi connectivity index (χ4n) is 1.32. The maximum Gasteiger partial charge on any atom is 0.179 e. The molecule has 0 atom stereocenters. The first-order valence-electron chi connectivity index (χ1n) is 4.09. The molecule has 2 heterocycles. The van der Waals surface area contributed by atoms with Gasteiger partial charge >= 0.3 is 0 Å². The van der Waals surface area contributed by atoms with Crippen LogP contribution in [0.5, 0.6) is 0 Å². The van der Waals surface area contributed by atoms with Crippen molar-refractivity contribution >= 4 is 21.7 Å². The summed E-state index contributed by atoms with van der Waals surface area (Å²) in [6, 6.07) is 1.42. The molecular weight excluding hydrogens is 237 g/mol. The van der Waals surface area contributed by atoms with E-state index in [1.165, 1.54) is 6.07 Å². The van der Waals surface area contributed by atoms with Crippen molar-refractivity contribution in [3.63, 3.8) is 0 Å². The van der Waals surface area contributed by atoms with Gasteiger partial charge in [0.15, 0.2) is 11.6 Å². The molecule has 1 aromatic heterocycles. The largest absolute Gasteiger partial charge is 0.290 e. The van der Waals surface area contributed by atoms with Crippen molar-refractivity contribution in [2.24, 2.45) is 0 Å². The highest BCUT2D eigenvalue weighted by Crippen LogP contribution is 2.20. The maximum atomic E-state index is 13.3. The Kier molecular flexibility index (Phi) is 2.46. The smallest absolute Gasteiger partial charge is 0.179 e. The molecule has 0 radical (unpaired) electrons. The monoisotopic (exact) mass is 245 g/mol. The number of pyridine rings is 1. The van der Waals surface area contributed by atoms with Crippen LogP contribution in [0.1, 0.15) is 6.42 Å². The van der Waals surface area contributed by atoms with Crippen molar-refractivity contribution < 1.29 is 4.39 Å². The molecule has 0 saturated carbocycles. The lowest BCUT2D eigenvalue weighted by molar-refractivity contribution is 0.605. The van der Waals surface area contributed by atoms with Crippen LogP contribution in [0, 0.1) is 5.82 Å². The number of nitrogens with zero attached hydrogens (tertiary/aromatic N) is 2. The summed E-state index contributed by atoms with van der Waals surface area (Å²) in [7, 11) is 0. The van der Waals surface area contributed by atoms with Crippen LogP contribution in [-0.2, 0) is 0 Å². The van der Waals surface area contributed by atoms with Crippen molar-refractivity contribution in [2.45, 2.75) is 6.42 Å². The fourth-order valence-corrected chi connectivity index (χ4v) is 1.62. The first-order valence-corrected chi connectivity index (χ1v) is 4.89. The molecule has 1 N–H and O–H groups in total. The normalized spacial score (nSPS) is 16.6. The predicted octanol–water partition coefficient (Wildman–Crippen LogP) is 1.70. The number of nitrogens with one attached hydrogen (secondary N) is 1. The van der Waals surface area contributed by atoms with E-state index < -0.39 is 0 Å². The summed E-state index contributed by atoms with van der Waals surface area (Å²) in [5.74, 6) is 0.0736. The molecule has 1 saturated heterocycles. The molecule has 0 bridgehead atoms. The van der Waals surface area contributed by atoms with Crippen LogP contribution in [0.4, 0.5) is 10.2 Å². The Hall–Kier alpha value is -0.680. The molecule has 0 unspecified atom stereocenters. The molecule has 70 valence electrons. The van der Waals surface area contributed by atoms with Gasteiger partial charge in [-0.05, 0) is 28.4 Å². The summed E-state index contributed by atoms with van der Waals surface area (Å²) in [5, 5.41) is 1.74. The minimum absolute atomic E-state index is 0.302. The Labute approximate surface area is 84.1 Å². The highest BCUT2D eigenvalue weighted by atomic mass is 79.9. The van der Waals surface area contributed by atoms with Gasteiger partial charge < -0.3 is 0 Å². The maximum absolute atomic E-state index is 13.3. The predicted molar refractivity (Wildman–Crippen MR) is 51.9 cm³/mol. The van der Waals surface area contributed by atoms with E-state index in [1.54, 1.807) is 11.2 Å². The van der Waals surface area contributed by atoms with Crippen molar-refractivity contribution in [3.8, 4) is 0 Å². The number of rotatable bonds is 1. The van der Waals surface area contributed by atoms with Crippen molar-refractivity contribution in [1.82, 2.24) is 10.4 Å². The van der Waals surface area contributed by atoms with Crippen molar-refractivity contribution in [1.29, 1.82) is 0 Å². The van der Waals surface area contributed by atoms with Crippen LogP contribution < -0.4 is 10.4 Å². The van der Waals surface area contributed by atoms with Gasteiger partial charge in [-0.3, -0.25) is 5.01 Å². The quantitative estimate of drug-likeness (QED) is 0.817. The zero-order chi connectivity index (χ0) is 9.26. The molecule has 0 amide bonds. The van der Waals surface area contributed by atoms with Gasteiger partial charge in [0.1, 0.15) is 0 Å². The van der Waals surface area contributed by atoms with Crippen LogP contribution >= 0.6 is 15.9 Å². The SMILES string of the molecule is Fc1cc(Br)cnc1N1CCCN1. The van der Waals surface area contributed by atoms with E-state index in [4.69, 9.17) is 0 Å². The van der Waals surface area contributed by atoms with Crippen LogP contribution in [-0.4, -0.2) is 18.1 Å². The summed E-state index contributed by atoms with van der Waals surface area (Å²) < 4.78 is 14.0. The van der Waals surface area contributed by atoms with Crippen molar-refractivity contribution in [3.05, 3.63) is 22.6 Å². The minimum atomic E-state index is -0.302. The molecule has 1 fully saturated rings. The molecule has 1 aliphatic rings. The first kappa shape index (κ1) is 8.90. The number of halogens is 2. The highest BCUT2D eigenvalue weighted by molar-refractivity contribution is 9.10. The lowest BCUT2D eigenvalue weighted by Gasteiger charge is -2.16. The lowest BCUT2D eigenvalue weighted by Crippen LogP contribution is -2.32. The van der Waals surface area contributed by atoms with Gasteiger partial charge in [0.2, 0.25) is 0 Å². The molecule has 1 aromatic rings. The molecule has 0 aliphatic carbocycles. The molecular formula is C8H9BrFN3. The number of hydrogen-bond donors (Lipinski definition) is 1. The number of anilines is 1. The zero-order valence-corrected chi connectivity index (χ0v) is 8.51. The molecule has 3 nitrogen and oxygen atoms in total. The second-order valence-corrected chi connectivity index (χ2v) is 3.79. The third-order valence-corrected chi connectivity index (χ3v) is 2.34. The van der Waals surface area contributed by atoms with Gasteiger partial charge in [-0.1, -0.05) is 0 Å². The van der Waals surface area contributed by atoms with E-state index in [0.29, 0.717) is 10.3 Å². The van der Waals surface area contributed by atoms with Gasteiger partial charge in [-0.2, -0.15) is 0 Å². The Morgan fingerprint density at radius 3 is 3.08 bits per heavy atom. The Morgan fingerprint density at radius 2 is 2.46 bits per heavy atom. The Morgan fingerprint density at radius 1 is 1.62 bits per heavy atom. The first-order chi connectivity index (χ1) is 6.27. The van der Waals surface area contributed by atoms with E-state index in [2.05, 4.69) is 26.3 Å². The fraction of sp³-hybridized carbons (Fsp3) is 0.375. The molecule has 0 aromatic carbocycles. The summed E-state index contributed by atoms with van der Waals surface area (Å²) in [4.78, 5) is 4.00. The van der Waals surface area contributed by atoms with Crippen molar-refractivity contribution in [2.75, 3.05) is 18.1 Å². The summed E-state index contributed by atoms with van der Waals surface area (Å²) in [6.45, 7) is 1.70. The summed E-state index contributed by atoms with van der Waals surface area (Å²) >= 11 is 3.16.